The summed E-state index contributed by atoms with van der Waals surface area (Å²) in [6.07, 6.45) is 1.90. The second-order valence-corrected chi connectivity index (χ2v) is 12.5. The fourth-order valence-electron chi connectivity index (χ4n) is 5.16. The van der Waals surface area contributed by atoms with Gasteiger partial charge in [0.05, 0.1) is 51.4 Å². The zero-order valence-electron chi connectivity index (χ0n) is 22.8. The normalized spacial score (nSPS) is 16.1. The molecule has 0 bridgehead atoms. The third kappa shape index (κ3) is 4.83. The highest BCUT2D eigenvalue weighted by Gasteiger charge is 2.33. The number of rotatable bonds is 5. The van der Waals surface area contributed by atoms with E-state index in [-0.39, 0.29) is 12.2 Å². The Bertz CT molecular complexity index is 1930. The minimum absolute atomic E-state index is 0.215. The topological polar surface area (TPSA) is 73.1 Å². The second kappa shape index (κ2) is 11.0. The number of fused-ring (bicyclic) bond motifs is 3. The van der Waals surface area contributed by atoms with Crippen LogP contribution in [-0.2, 0) is 9.53 Å². The zero-order chi connectivity index (χ0) is 28.8. The first-order chi connectivity index (χ1) is 19.8. The first kappa shape index (κ1) is 27.6. The van der Waals surface area contributed by atoms with E-state index in [0.29, 0.717) is 26.4 Å². The summed E-state index contributed by atoms with van der Waals surface area (Å²) >= 11 is 6.58. The number of anilines is 2. The largest absolute Gasteiger partial charge is 0.496 e. The van der Waals surface area contributed by atoms with Crippen molar-refractivity contribution in [1.82, 2.24) is 4.57 Å². The number of methoxy groups -OCH3 is 1. The van der Waals surface area contributed by atoms with Gasteiger partial charge in [-0.3, -0.25) is 9.36 Å². The van der Waals surface area contributed by atoms with Crippen LogP contribution in [0.2, 0.25) is 0 Å². The molecule has 0 radical (unpaired) electrons. The fraction of sp³-hybridized carbons (Fsp3) is 0.194. The molecule has 3 heterocycles. The Morgan fingerprint density at radius 1 is 1.10 bits per heavy atom. The number of allylic oxidation sites excluding steroid dienone is 1. The van der Waals surface area contributed by atoms with Crippen LogP contribution in [0.25, 0.3) is 6.08 Å². The van der Waals surface area contributed by atoms with Gasteiger partial charge in [0.1, 0.15) is 5.75 Å². The number of halogens is 1. The average Bonchev–Trinajstić information content (AvgIpc) is 3.26. The van der Waals surface area contributed by atoms with Crippen LogP contribution >= 0.6 is 39.0 Å². The molecule has 2 aliphatic heterocycles. The Morgan fingerprint density at radius 2 is 1.88 bits per heavy atom. The molecular formula is C31H26BrN3O4S2. The number of ether oxygens (including phenoxy) is 2. The summed E-state index contributed by atoms with van der Waals surface area (Å²) in [5, 5.41) is 0. The maximum absolute atomic E-state index is 14.0. The number of benzene rings is 3. The molecule has 208 valence electrons. The number of carbonyl (C=O) groups excluding carboxylic acids is 1. The van der Waals surface area contributed by atoms with Crippen LogP contribution in [0.15, 0.2) is 96.0 Å². The summed E-state index contributed by atoms with van der Waals surface area (Å²) in [6, 6.07) is 19.4. The van der Waals surface area contributed by atoms with Gasteiger partial charge in [-0.15, -0.1) is 0 Å². The first-order valence-corrected chi connectivity index (χ1v) is 15.4. The molecule has 10 heteroatoms. The molecule has 1 aromatic heterocycles. The van der Waals surface area contributed by atoms with Crippen LogP contribution in [0.5, 0.6) is 5.75 Å². The summed E-state index contributed by atoms with van der Waals surface area (Å²) in [4.78, 5) is 36.9. The SMILES string of the molecule is CCOC(=O)C1=C(C)N=c2s/c(=C/c3ccc4c(c3)Sc3ccccc3N4C)c(=O)n2[C@H]1c1ccc(OC)c(Br)c1. The average molecular weight is 649 g/mol. The predicted molar refractivity (Wildman–Crippen MR) is 166 cm³/mol. The van der Waals surface area contributed by atoms with E-state index in [9.17, 15) is 9.59 Å². The summed E-state index contributed by atoms with van der Waals surface area (Å²) in [7, 11) is 3.66. The Balaban J connectivity index is 1.48. The molecule has 2 aliphatic rings. The molecule has 41 heavy (non-hydrogen) atoms. The van der Waals surface area contributed by atoms with Crippen LogP contribution in [0.3, 0.4) is 0 Å². The van der Waals surface area contributed by atoms with E-state index in [4.69, 9.17) is 9.47 Å². The van der Waals surface area contributed by atoms with Gasteiger partial charge in [0.2, 0.25) is 0 Å². The lowest BCUT2D eigenvalue weighted by Crippen LogP contribution is -2.40. The lowest BCUT2D eigenvalue weighted by Gasteiger charge is -2.29. The third-order valence-corrected chi connectivity index (χ3v) is 9.81. The van der Waals surface area contributed by atoms with Crippen molar-refractivity contribution in [2.24, 2.45) is 4.99 Å². The van der Waals surface area contributed by atoms with Gasteiger partial charge in [0.15, 0.2) is 4.80 Å². The lowest BCUT2D eigenvalue weighted by molar-refractivity contribution is -0.139. The summed E-state index contributed by atoms with van der Waals surface area (Å²) in [5.41, 5.74) is 4.60. The van der Waals surface area contributed by atoms with Gasteiger partial charge in [-0.1, -0.05) is 47.4 Å². The van der Waals surface area contributed by atoms with Crippen molar-refractivity contribution in [1.29, 1.82) is 0 Å². The minimum Gasteiger partial charge on any atom is -0.496 e. The van der Waals surface area contributed by atoms with E-state index in [1.165, 1.54) is 21.9 Å². The fourth-order valence-corrected chi connectivity index (χ4v) is 7.96. The smallest absolute Gasteiger partial charge is 0.338 e. The van der Waals surface area contributed by atoms with Gasteiger partial charge in [-0.2, -0.15) is 0 Å². The quantitative estimate of drug-likeness (QED) is 0.255. The molecule has 0 saturated heterocycles. The summed E-state index contributed by atoms with van der Waals surface area (Å²) < 4.78 is 13.7. The van der Waals surface area contributed by atoms with Gasteiger partial charge < -0.3 is 14.4 Å². The highest BCUT2D eigenvalue weighted by molar-refractivity contribution is 9.10. The second-order valence-electron chi connectivity index (χ2n) is 9.55. The lowest BCUT2D eigenvalue weighted by atomic mass is 9.96. The van der Waals surface area contributed by atoms with Gasteiger partial charge >= 0.3 is 5.97 Å². The van der Waals surface area contributed by atoms with E-state index in [0.717, 1.165) is 26.2 Å². The number of hydrogen-bond donors (Lipinski definition) is 0. The van der Waals surface area contributed by atoms with Crippen LogP contribution in [0, 0.1) is 0 Å². The minimum atomic E-state index is -0.695. The highest BCUT2D eigenvalue weighted by Crippen LogP contribution is 2.47. The van der Waals surface area contributed by atoms with Gasteiger partial charge in [-0.25, -0.2) is 9.79 Å². The van der Waals surface area contributed by atoms with E-state index < -0.39 is 12.0 Å². The van der Waals surface area contributed by atoms with E-state index in [1.807, 2.05) is 42.5 Å². The number of para-hydroxylation sites is 1. The number of carbonyl (C=O) groups is 1. The maximum atomic E-state index is 14.0. The standard InChI is InChI=1S/C31H26BrN3O4S2/c1-5-39-30(37)27-17(2)33-31-35(28(27)19-11-13-23(38-4)20(32)16-19)29(36)26(41-31)15-18-10-12-22-25(14-18)40-24-9-7-6-8-21(24)34(22)3/h6-16,28H,5H2,1-4H3/b26-15+/t28-/m0/s1. The van der Waals surface area contributed by atoms with Crippen molar-refractivity contribution in [3.63, 3.8) is 0 Å². The molecule has 4 aromatic rings. The number of esters is 1. The highest BCUT2D eigenvalue weighted by atomic mass is 79.9. The molecule has 1 atom stereocenters. The van der Waals surface area contributed by atoms with Crippen molar-refractivity contribution >= 4 is 62.4 Å². The molecule has 7 nitrogen and oxygen atoms in total. The van der Waals surface area contributed by atoms with Crippen molar-refractivity contribution in [3.05, 3.63) is 107 Å². The van der Waals surface area contributed by atoms with Gasteiger partial charge in [-0.05, 0) is 83.4 Å². The molecule has 0 aliphatic carbocycles. The molecule has 6 rings (SSSR count). The van der Waals surface area contributed by atoms with Crippen molar-refractivity contribution in [3.8, 4) is 5.75 Å². The Kier molecular flexibility index (Phi) is 7.39. The Labute approximate surface area is 253 Å². The van der Waals surface area contributed by atoms with Gasteiger partial charge in [0.25, 0.3) is 5.56 Å². The molecular weight excluding hydrogens is 622 g/mol. The Morgan fingerprint density at radius 3 is 2.63 bits per heavy atom. The number of thiazole rings is 1. The first-order valence-electron chi connectivity index (χ1n) is 13.0. The molecule has 0 spiro atoms. The predicted octanol–water partition coefficient (Wildman–Crippen LogP) is 5.80. The van der Waals surface area contributed by atoms with Gasteiger partial charge in [0, 0.05) is 16.8 Å². The van der Waals surface area contributed by atoms with Crippen LogP contribution in [0.4, 0.5) is 11.4 Å². The molecule has 0 N–H and O–H groups in total. The number of hydrogen-bond acceptors (Lipinski definition) is 8. The van der Waals surface area contributed by atoms with Crippen LogP contribution in [0.1, 0.15) is 31.0 Å². The maximum Gasteiger partial charge on any atom is 0.338 e. The number of nitrogens with zero attached hydrogens (tertiary/aromatic N) is 3. The van der Waals surface area contributed by atoms with Crippen molar-refractivity contribution in [2.45, 2.75) is 29.7 Å². The van der Waals surface area contributed by atoms with E-state index in [1.54, 1.807) is 37.3 Å². The third-order valence-electron chi connectivity index (χ3n) is 7.10. The monoisotopic (exact) mass is 647 g/mol. The zero-order valence-corrected chi connectivity index (χ0v) is 26.0. The van der Waals surface area contributed by atoms with Crippen LogP contribution < -0.4 is 24.5 Å². The number of aromatic nitrogens is 1. The molecule has 0 amide bonds. The van der Waals surface area contributed by atoms with Crippen LogP contribution in [-0.4, -0.2) is 31.3 Å². The summed E-state index contributed by atoms with van der Waals surface area (Å²) in [5.74, 6) is 0.161. The molecule has 0 saturated carbocycles. The Hall–Kier alpha value is -3.60. The molecule has 0 fully saturated rings. The van der Waals surface area contributed by atoms with Crippen molar-refractivity contribution in [2.75, 3.05) is 25.7 Å². The van der Waals surface area contributed by atoms with E-state index in [2.05, 4.69) is 57.1 Å². The summed E-state index contributed by atoms with van der Waals surface area (Å²) in [6.45, 7) is 3.76. The van der Waals surface area contributed by atoms with E-state index >= 15 is 0 Å². The molecule has 0 unspecified atom stereocenters. The van der Waals surface area contributed by atoms with Crippen molar-refractivity contribution < 1.29 is 14.3 Å². The molecule has 3 aromatic carbocycles.